The van der Waals surface area contributed by atoms with Gasteiger partial charge < -0.3 is 15.0 Å². The molecule has 0 unspecified atom stereocenters. The van der Waals surface area contributed by atoms with Crippen LogP contribution >= 0.6 is 23.4 Å². The first-order chi connectivity index (χ1) is 11.9. The van der Waals surface area contributed by atoms with Gasteiger partial charge in [0.05, 0.1) is 4.87 Å². The van der Waals surface area contributed by atoms with Crippen molar-refractivity contribution in [3.63, 3.8) is 0 Å². The van der Waals surface area contributed by atoms with Gasteiger partial charge in [-0.25, -0.2) is 4.79 Å². The molecule has 8 heteroatoms. The number of carbonyl (C=O) groups excluding carboxylic acids is 3. The Hall–Kier alpha value is -1.73. The van der Waals surface area contributed by atoms with Crippen LogP contribution in [0.25, 0.3) is 0 Å². The summed E-state index contributed by atoms with van der Waals surface area (Å²) in [5.41, 5.74) is 0.787. The molecule has 2 atom stereocenters. The van der Waals surface area contributed by atoms with Crippen molar-refractivity contribution in [1.82, 2.24) is 10.2 Å². The number of benzene rings is 1. The number of nitrogens with one attached hydrogen (secondary N) is 1. The third kappa shape index (κ3) is 3.77. The third-order valence-corrected chi connectivity index (χ3v) is 6.37. The highest BCUT2D eigenvalue weighted by Gasteiger charge is 2.53. The van der Waals surface area contributed by atoms with Crippen molar-refractivity contribution < 1.29 is 19.1 Å². The summed E-state index contributed by atoms with van der Waals surface area (Å²) in [7, 11) is 0. The number of ether oxygens (including phenoxy) is 1. The zero-order valence-corrected chi connectivity index (χ0v) is 15.4. The van der Waals surface area contributed by atoms with E-state index in [4.69, 9.17) is 16.3 Å². The fourth-order valence-corrected chi connectivity index (χ4v) is 4.73. The first-order valence-electron chi connectivity index (χ1n) is 8.03. The Morgan fingerprint density at radius 1 is 1.44 bits per heavy atom. The molecule has 0 bridgehead atoms. The van der Waals surface area contributed by atoms with Crippen molar-refractivity contribution in [3.05, 3.63) is 34.9 Å². The van der Waals surface area contributed by atoms with Crippen molar-refractivity contribution >= 4 is 41.1 Å². The van der Waals surface area contributed by atoms with E-state index in [-0.39, 0.29) is 23.9 Å². The topological polar surface area (TPSA) is 75.7 Å². The summed E-state index contributed by atoms with van der Waals surface area (Å²) in [6.07, 6.45) is 1.18. The van der Waals surface area contributed by atoms with Crippen molar-refractivity contribution in [3.8, 4) is 0 Å². The molecule has 1 N–H and O–H groups in total. The predicted octanol–water partition coefficient (Wildman–Crippen LogP) is 1.95. The summed E-state index contributed by atoms with van der Waals surface area (Å²) in [6.45, 7) is 1.85. The molecule has 0 radical (unpaired) electrons. The molecule has 2 heterocycles. The number of thioether (sulfide) groups is 1. The van der Waals surface area contributed by atoms with Gasteiger partial charge in [-0.1, -0.05) is 29.8 Å². The van der Waals surface area contributed by atoms with Gasteiger partial charge in [0.2, 0.25) is 5.91 Å². The van der Waals surface area contributed by atoms with E-state index in [9.17, 15) is 14.4 Å². The van der Waals surface area contributed by atoms with E-state index < -0.39 is 17.9 Å². The van der Waals surface area contributed by atoms with E-state index in [1.807, 2.05) is 25.1 Å². The molecule has 2 saturated heterocycles. The normalized spacial score (nSPS) is 25.0. The fraction of sp³-hybridized carbons (Fsp3) is 0.471. The Kier molecular flexibility index (Phi) is 5.24. The molecule has 2 amide bonds. The van der Waals surface area contributed by atoms with Crippen LogP contribution in [0.2, 0.25) is 5.02 Å². The maximum absolute atomic E-state index is 12.3. The maximum atomic E-state index is 12.3. The van der Waals surface area contributed by atoms with E-state index in [0.29, 0.717) is 17.2 Å². The first-order valence-corrected chi connectivity index (χ1v) is 9.40. The van der Waals surface area contributed by atoms with Gasteiger partial charge in [0.25, 0.3) is 5.91 Å². The van der Waals surface area contributed by atoms with Crippen molar-refractivity contribution in [2.45, 2.75) is 37.2 Å². The van der Waals surface area contributed by atoms with Crippen molar-refractivity contribution in [2.24, 2.45) is 0 Å². The van der Waals surface area contributed by atoms with E-state index in [1.54, 1.807) is 22.7 Å². The SMILES string of the molecule is C[C@]12CCC(=O)N1[C@@H](C(=O)OCC(=O)NCc1ccccc1Cl)CS2. The summed E-state index contributed by atoms with van der Waals surface area (Å²) in [6, 6.07) is 6.58. The number of hydrogen-bond donors (Lipinski definition) is 1. The van der Waals surface area contributed by atoms with Gasteiger partial charge in [-0.05, 0) is 25.0 Å². The molecule has 2 fully saturated rings. The minimum absolute atomic E-state index is 0.0300. The number of rotatable bonds is 5. The summed E-state index contributed by atoms with van der Waals surface area (Å²) in [5, 5.41) is 3.23. The maximum Gasteiger partial charge on any atom is 0.330 e. The number of nitrogens with zero attached hydrogens (tertiary/aromatic N) is 1. The summed E-state index contributed by atoms with van der Waals surface area (Å²) >= 11 is 7.61. The molecule has 25 heavy (non-hydrogen) atoms. The molecule has 3 rings (SSSR count). The molecule has 2 aliphatic heterocycles. The van der Waals surface area contributed by atoms with Gasteiger partial charge in [-0.3, -0.25) is 9.59 Å². The standard InChI is InChI=1S/C17H19ClN2O4S/c1-17-7-6-15(22)20(17)13(10-25-17)16(23)24-9-14(21)19-8-11-4-2-3-5-12(11)18/h2-5,13H,6-10H2,1H3,(H,19,21)/t13-,17+/m1/s1. The van der Waals surface area contributed by atoms with Crippen LogP contribution < -0.4 is 5.32 Å². The van der Waals surface area contributed by atoms with E-state index in [2.05, 4.69) is 5.32 Å². The smallest absolute Gasteiger partial charge is 0.330 e. The van der Waals surface area contributed by atoms with Gasteiger partial charge in [0.15, 0.2) is 6.61 Å². The van der Waals surface area contributed by atoms with Gasteiger partial charge in [0.1, 0.15) is 6.04 Å². The third-order valence-electron chi connectivity index (χ3n) is 4.50. The largest absolute Gasteiger partial charge is 0.454 e. The molecule has 0 spiro atoms. The highest BCUT2D eigenvalue weighted by molar-refractivity contribution is 8.01. The lowest BCUT2D eigenvalue weighted by atomic mass is 10.2. The van der Waals surface area contributed by atoms with Crippen LogP contribution in [0.4, 0.5) is 0 Å². The molecule has 1 aromatic carbocycles. The predicted molar refractivity (Wildman–Crippen MR) is 95.0 cm³/mol. The second-order valence-corrected chi connectivity index (χ2v) is 8.15. The van der Waals surface area contributed by atoms with Crippen LogP contribution in [0.15, 0.2) is 24.3 Å². The molecular formula is C17H19ClN2O4S. The Bertz CT molecular complexity index is 714. The zero-order chi connectivity index (χ0) is 18.0. The second-order valence-electron chi connectivity index (χ2n) is 6.24. The number of hydrogen-bond acceptors (Lipinski definition) is 5. The highest BCUT2D eigenvalue weighted by Crippen LogP contribution is 2.47. The number of halogens is 1. The number of esters is 1. The molecule has 2 aliphatic rings. The Morgan fingerprint density at radius 2 is 2.20 bits per heavy atom. The Balaban J connectivity index is 1.48. The minimum atomic E-state index is -0.610. The van der Waals surface area contributed by atoms with Crippen LogP contribution in [0.1, 0.15) is 25.3 Å². The lowest BCUT2D eigenvalue weighted by Crippen LogP contribution is -2.47. The average molecular weight is 383 g/mol. The van der Waals surface area contributed by atoms with Gasteiger partial charge in [-0.15, -0.1) is 11.8 Å². The van der Waals surface area contributed by atoms with Gasteiger partial charge >= 0.3 is 5.97 Å². The quantitative estimate of drug-likeness (QED) is 0.788. The highest BCUT2D eigenvalue weighted by atomic mass is 35.5. The Labute approximate surface area is 155 Å². The fourth-order valence-electron chi connectivity index (χ4n) is 3.11. The summed E-state index contributed by atoms with van der Waals surface area (Å²) < 4.78 is 5.12. The Morgan fingerprint density at radius 3 is 2.96 bits per heavy atom. The molecule has 1 aromatic rings. The monoisotopic (exact) mass is 382 g/mol. The van der Waals surface area contributed by atoms with Crippen molar-refractivity contribution in [2.75, 3.05) is 12.4 Å². The summed E-state index contributed by atoms with van der Waals surface area (Å²) in [4.78, 5) is 37.5. The molecule has 6 nitrogen and oxygen atoms in total. The molecule has 134 valence electrons. The van der Waals surface area contributed by atoms with E-state index in [0.717, 1.165) is 12.0 Å². The van der Waals surface area contributed by atoms with Crippen LogP contribution in [0, 0.1) is 0 Å². The number of carbonyl (C=O) groups is 3. The number of fused-ring (bicyclic) bond motifs is 1. The van der Waals surface area contributed by atoms with Crippen LogP contribution in [-0.4, -0.2) is 46.0 Å². The van der Waals surface area contributed by atoms with Gasteiger partial charge in [0, 0.05) is 23.7 Å². The molecule has 0 saturated carbocycles. The van der Waals surface area contributed by atoms with Gasteiger partial charge in [-0.2, -0.15) is 0 Å². The average Bonchev–Trinajstić information content (AvgIpc) is 3.08. The van der Waals surface area contributed by atoms with Crippen LogP contribution in [0.3, 0.4) is 0 Å². The van der Waals surface area contributed by atoms with E-state index >= 15 is 0 Å². The first kappa shape index (κ1) is 18.1. The summed E-state index contributed by atoms with van der Waals surface area (Å²) in [5.74, 6) is -0.464. The van der Waals surface area contributed by atoms with Crippen LogP contribution in [0.5, 0.6) is 0 Å². The second kappa shape index (κ2) is 7.25. The molecule has 0 aromatic heterocycles. The number of amides is 2. The van der Waals surface area contributed by atoms with Crippen molar-refractivity contribution in [1.29, 1.82) is 0 Å². The zero-order valence-electron chi connectivity index (χ0n) is 13.8. The van der Waals surface area contributed by atoms with Crippen LogP contribution in [-0.2, 0) is 25.7 Å². The molecular weight excluding hydrogens is 364 g/mol. The minimum Gasteiger partial charge on any atom is -0.454 e. The van der Waals surface area contributed by atoms with E-state index in [1.165, 1.54) is 0 Å². The lowest BCUT2D eigenvalue weighted by Gasteiger charge is -2.29. The lowest BCUT2D eigenvalue weighted by molar-refractivity contribution is -0.156. The molecule has 0 aliphatic carbocycles.